The summed E-state index contributed by atoms with van der Waals surface area (Å²) in [6.07, 6.45) is 2.65. The van der Waals surface area contributed by atoms with Gasteiger partial charge in [0.15, 0.2) is 5.58 Å². The number of oxazole rings is 1. The number of nitrogens with zero attached hydrogens (tertiary/aromatic N) is 3. The van der Waals surface area contributed by atoms with E-state index in [2.05, 4.69) is 15.2 Å². The number of piperidine rings is 1. The third-order valence-electron chi connectivity index (χ3n) is 5.33. The lowest BCUT2D eigenvalue weighted by Crippen LogP contribution is -2.67. The normalized spacial score (nSPS) is 22.2. The number of benzene rings is 1. The number of piperazine rings is 1. The molecule has 3 atom stereocenters. The number of nitrogens with two attached hydrogens (primary N) is 1. The molecule has 0 aliphatic carbocycles. The van der Waals surface area contributed by atoms with E-state index in [4.69, 9.17) is 19.9 Å². The first-order chi connectivity index (χ1) is 13.6. The number of thiazole rings is 1. The van der Waals surface area contributed by atoms with Gasteiger partial charge in [-0.1, -0.05) is 6.07 Å². The molecule has 146 valence electrons. The second-order valence-electron chi connectivity index (χ2n) is 7.33. The molecule has 3 N–H and O–H groups in total. The van der Waals surface area contributed by atoms with Gasteiger partial charge in [-0.25, -0.2) is 4.98 Å². The summed E-state index contributed by atoms with van der Waals surface area (Å²) in [4.78, 5) is 22.5. The maximum Gasteiger partial charge on any atom is 0.298 e. The van der Waals surface area contributed by atoms with Crippen LogP contribution in [0.4, 0.5) is 6.01 Å². The third kappa shape index (κ3) is 3.05. The van der Waals surface area contributed by atoms with Crippen LogP contribution in [0.1, 0.15) is 25.0 Å². The van der Waals surface area contributed by atoms with E-state index in [1.165, 1.54) is 6.42 Å². The molecule has 9 heteroatoms. The average Bonchev–Trinajstić information content (AvgIpc) is 3.34. The largest absolute Gasteiger partial charge is 0.423 e. The lowest BCUT2D eigenvalue weighted by Gasteiger charge is -2.47. The van der Waals surface area contributed by atoms with Gasteiger partial charge in [-0.05, 0) is 19.4 Å². The van der Waals surface area contributed by atoms with Crippen LogP contribution in [-0.2, 0) is 9.53 Å². The van der Waals surface area contributed by atoms with Gasteiger partial charge in [-0.3, -0.25) is 4.79 Å². The number of hydrogen-bond donors (Lipinski definition) is 2. The van der Waals surface area contributed by atoms with Crippen molar-refractivity contribution < 1.29 is 13.9 Å². The molecular formula is C19H21N5O3S. The molecule has 3 fully saturated rings. The molecule has 6 rings (SSSR count). The Morgan fingerprint density at radius 2 is 2.25 bits per heavy atom. The first-order valence-corrected chi connectivity index (χ1v) is 10.2. The van der Waals surface area contributed by atoms with Crippen LogP contribution in [0.2, 0.25) is 0 Å². The SMILES string of the molecule is CC(OCC(N)=O)c1ccc(-c2nccs2)c2oc(N3CC4CC(C3)N4)nc12. The molecule has 0 saturated carbocycles. The number of aromatic nitrogens is 2. The Labute approximate surface area is 165 Å². The summed E-state index contributed by atoms with van der Waals surface area (Å²) in [6.45, 7) is 3.52. The minimum atomic E-state index is -0.497. The zero-order chi connectivity index (χ0) is 19.3. The van der Waals surface area contributed by atoms with Gasteiger partial charge in [0.2, 0.25) is 5.91 Å². The molecule has 0 spiro atoms. The highest BCUT2D eigenvalue weighted by atomic mass is 32.1. The number of anilines is 1. The smallest absolute Gasteiger partial charge is 0.298 e. The maximum atomic E-state index is 11.1. The van der Waals surface area contributed by atoms with E-state index in [0.717, 1.165) is 34.7 Å². The van der Waals surface area contributed by atoms with Crippen LogP contribution < -0.4 is 16.0 Å². The van der Waals surface area contributed by atoms with E-state index in [-0.39, 0.29) is 12.7 Å². The summed E-state index contributed by atoms with van der Waals surface area (Å²) >= 11 is 1.56. The van der Waals surface area contributed by atoms with Crippen LogP contribution >= 0.6 is 11.3 Å². The van der Waals surface area contributed by atoms with Crippen molar-refractivity contribution in [3.8, 4) is 10.6 Å². The maximum absolute atomic E-state index is 11.1. The van der Waals surface area contributed by atoms with E-state index in [1.807, 2.05) is 24.4 Å². The Bertz CT molecular complexity index is 1000. The van der Waals surface area contributed by atoms with Crippen LogP contribution in [0.25, 0.3) is 21.7 Å². The number of fused-ring (bicyclic) bond motifs is 3. The Morgan fingerprint density at radius 3 is 2.93 bits per heavy atom. The highest BCUT2D eigenvalue weighted by Gasteiger charge is 2.38. The van der Waals surface area contributed by atoms with E-state index < -0.39 is 5.91 Å². The van der Waals surface area contributed by atoms with E-state index >= 15 is 0 Å². The zero-order valence-electron chi connectivity index (χ0n) is 15.4. The number of ether oxygens (including phenoxy) is 1. The fourth-order valence-electron chi connectivity index (χ4n) is 3.97. The Balaban J connectivity index is 1.56. The summed E-state index contributed by atoms with van der Waals surface area (Å²) < 4.78 is 11.9. The minimum Gasteiger partial charge on any atom is -0.423 e. The molecule has 8 nitrogen and oxygen atoms in total. The van der Waals surface area contributed by atoms with Crippen LogP contribution in [-0.4, -0.2) is 47.7 Å². The summed E-state index contributed by atoms with van der Waals surface area (Å²) in [5, 5.41) is 6.34. The van der Waals surface area contributed by atoms with Gasteiger partial charge in [-0.2, -0.15) is 4.98 Å². The predicted octanol–water partition coefficient (Wildman–Crippen LogP) is 2.06. The van der Waals surface area contributed by atoms with Crippen molar-refractivity contribution in [2.75, 3.05) is 24.6 Å². The molecule has 3 aliphatic heterocycles. The highest BCUT2D eigenvalue weighted by Crippen LogP contribution is 2.38. The van der Waals surface area contributed by atoms with Crippen molar-refractivity contribution in [2.45, 2.75) is 31.5 Å². The van der Waals surface area contributed by atoms with E-state index in [1.54, 1.807) is 17.5 Å². The number of rotatable bonds is 6. The summed E-state index contributed by atoms with van der Waals surface area (Å²) in [6, 6.07) is 5.57. The quantitative estimate of drug-likeness (QED) is 0.653. The molecule has 2 bridgehead atoms. The topological polar surface area (TPSA) is 107 Å². The Hall–Kier alpha value is -2.49. The molecule has 28 heavy (non-hydrogen) atoms. The molecule has 3 unspecified atom stereocenters. The summed E-state index contributed by atoms with van der Waals surface area (Å²) in [7, 11) is 0. The van der Waals surface area contributed by atoms with Gasteiger partial charge in [0, 0.05) is 42.3 Å². The van der Waals surface area contributed by atoms with Gasteiger partial charge in [0.25, 0.3) is 6.01 Å². The Kier molecular flexibility index (Phi) is 4.30. The lowest BCUT2D eigenvalue weighted by atomic mass is 9.92. The second kappa shape index (κ2) is 6.84. The molecule has 3 aromatic rings. The lowest BCUT2D eigenvalue weighted by molar-refractivity contribution is -0.124. The second-order valence-corrected chi connectivity index (χ2v) is 8.23. The third-order valence-corrected chi connectivity index (χ3v) is 6.14. The van der Waals surface area contributed by atoms with Crippen molar-refractivity contribution in [1.82, 2.24) is 15.3 Å². The highest BCUT2D eigenvalue weighted by molar-refractivity contribution is 7.13. The number of nitrogens with one attached hydrogen (secondary N) is 1. The van der Waals surface area contributed by atoms with E-state index in [9.17, 15) is 4.79 Å². The molecule has 1 aromatic carbocycles. The number of amides is 1. The number of primary amides is 1. The monoisotopic (exact) mass is 399 g/mol. The van der Waals surface area contributed by atoms with Crippen molar-refractivity contribution in [1.29, 1.82) is 0 Å². The van der Waals surface area contributed by atoms with Crippen LogP contribution in [0.3, 0.4) is 0 Å². The van der Waals surface area contributed by atoms with Crippen LogP contribution in [0.15, 0.2) is 28.1 Å². The van der Waals surface area contributed by atoms with E-state index in [0.29, 0.717) is 23.7 Å². The van der Waals surface area contributed by atoms with Gasteiger partial charge in [-0.15, -0.1) is 11.3 Å². The van der Waals surface area contributed by atoms with Gasteiger partial charge in [0.05, 0.1) is 11.7 Å². The van der Waals surface area contributed by atoms with Crippen molar-refractivity contribution in [2.24, 2.45) is 5.73 Å². The Morgan fingerprint density at radius 1 is 1.46 bits per heavy atom. The molecule has 3 saturated heterocycles. The standard InChI is InChI=1S/C19H21N5O3S/c1-10(26-9-15(20)25)13-2-3-14(18-21-4-5-28-18)17-16(13)23-19(27-17)24-7-11-6-12(8-24)22-11/h2-5,10-12,22H,6-9H2,1H3,(H2,20,25). The minimum absolute atomic E-state index is 0.136. The van der Waals surface area contributed by atoms with Gasteiger partial charge < -0.3 is 25.1 Å². The first-order valence-electron chi connectivity index (χ1n) is 9.32. The van der Waals surface area contributed by atoms with Gasteiger partial charge in [0.1, 0.15) is 17.1 Å². The van der Waals surface area contributed by atoms with Crippen LogP contribution in [0, 0.1) is 0 Å². The summed E-state index contributed by atoms with van der Waals surface area (Å²) in [5.41, 5.74) is 8.44. The summed E-state index contributed by atoms with van der Waals surface area (Å²) in [5.74, 6) is -0.497. The fraction of sp³-hybridized carbons (Fsp3) is 0.421. The molecule has 2 aromatic heterocycles. The number of hydrogen-bond acceptors (Lipinski definition) is 8. The molecule has 5 heterocycles. The molecule has 0 radical (unpaired) electrons. The van der Waals surface area contributed by atoms with Crippen molar-refractivity contribution in [3.63, 3.8) is 0 Å². The number of carbonyl (C=O) groups is 1. The van der Waals surface area contributed by atoms with Crippen molar-refractivity contribution in [3.05, 3.63) is 29.3 Å². The molecule has 3 aliphatic rings. The molecule has 1 amide bonds. The van der Waals surface area contributed by atoms with Gasteiger partial charge >= 0.3 is 0 Å². The van der Waals surface area contributed by atoms with Crippen LogP contribution in [0.5, 0.6) is 0 Å². The fourth-order valence-corrected chi connectivity index (χ4v) is 4.63. The average molecular weight is 399 g/mol. The predicted molar refractivity (Wildman–Crippen MR) is 106 cm³/mol. The molecular weight excluding hydrogens is 378 g/mol. The first kappa shape index (κ1) is 17.6. The number of carbonyl (C=O) groups excluding carboxylic acids is 1. The zero-order valence-corrected chi connectivity index (χ0v) is 16.2. The van der Waals surface area contributed by atoms with Crippen molar-refractivity contribution >= 4 is 34.4 Å².